The van der Waals surface area contributed by atoms with E-state index in [1.165, 1.54) is 12.1 Å². The van der Waals surface area contributed by atoms with Crippen LogP contribution in [0.1, 0.15) is 23.2 Å². The minimum absolute atomic E-state index is 0.0226. The Balaban J connectivity index is 1.35. The lowest BCUT2D eigenvalue weighted by Gasteiger charge is -2.15. The summed E-state index contributed by atoms with van der Waals surface area (Å²) in [5.41, 5.74) is 1.98. The monoisotopic (exact) mass is 450 g/mol. The van der Waals surface area contributed by atoms with Crippen molar-refractivity contribution in [2.24, 2.45) is 0 Å². The molecule has 2 aromatic carbocycles. The van der Waals surface area contributed by atoms with Crippen molar-refractivity contribution in [1.82, 2.24) is 15.2 Å². The first-order valence-corrected chi connectivity index (χ1v) is 10.2. The summed E-state index contributed by atoms with van der Waals surface area (Å²) in [7, 11) is 0. The van der Waals surface area contributed by atoms with Crippen LogP contribution in [0.25, 0.3) is 17.5 Å². The second-order valence-electron chi connectivity index (χ2n) is 7.36. The number of nitrogens with zero attached hydrogens (tertiary/aromatic N) is 3. The number of rotatable bonds is 5. The topological polar surface area (TPSA) is 73.1 Å². The van der Waals surface area contributed by atoms with Crippen LogP contribution in [0.4, 0.5) is 24.9 Å². The van der Waals surface area contributed by atoms with Gasteiger partial charge in [0, 0.05) is 23.0 Å². The molecule has 0 atom stereocenters. The number of allylic oxidation sites excluding steroid dienone is 1. The first-order valence-electron chi connectivity index (χ1n) is 10.2. The summed E-state index contributed by atoms with van der Waals surface area (Å²) in [6.45, 7) is 0. The zero-order valence-corrected chi connectivity index (χ0v) is 17.1. The van der Waals surface area contributed by atoms with Crippen molar-refractivity contribution in [3.63, 3.8) is 0 Å². The van der Waals surface area contributed by atoms with Gasteiger partial charge in [0.2, 0.25) is 5.89 Å². The molecule has 0 bridgehead atoms. The molecule has 166 valence electrons. The van der Waals surface area contributed by atoms with Gasteiger partial charge in [0.1, 0.15) is 11.5 Å². The van der Waals surface area contributed by atoms with E-state index >= 15 is 0 Å². The van der Waals surface area contributed by atoms with Crippen LogP contribution in [0, 0.1) is 0 Å². The number of fused-ring (bicyclic) bond motifs is 1. The number of pyridine rings is 1. The maximum absolute atomic E-state index is 12.9. The van der Waals surface area contributed by atoms with Gasteiger partial charge in [-0.1, -0.05) is 23.3 Å². The Labute approximate surface area is 186 Å². The lowest BCUT2D eigenvalue weighted by molar-refractivity contribution is -0.137. The Morgan fingerprint density at radius 2 is 1.88 bits per heavy atom. The van der Waals surface area contributed by atoms with Gasteiger partial charge < -0.3 is 14.5 Å². The van der Waals surface area contributed by atoms with Crippen LogP contribution in [0.3, 0.4) is 0 Å². The Morgan fingerprint density at radius 3 is 2.76 bits per heavy atom. The Kier molecular flexibility index (Phi) is 5.29. The largest absolute Gasteiger partial charge is 0.457 e. The summed E-state index contributed by atoms with van der Waals surface area (Å²) in [5, 5.41) is 10.6. The second kappa shape index (κ2) is 8.42. The molecule has 1 N–H and O–H groups in total. The maximum atomic E-state index is 12.9. The Bertz CT molecular complexity index is 1330. The van der Waals surface area contributed by atoms with Gasteiger partial charge in [-0.2, -0.15) is 13.2 Å². The Hall–Kier alpha value is -4.14. The van der Waals surface area contributed by atoms with Crippen molar-refractivity contribution in [1.29, 1.82) is 0 Å². The van der Waals surface area contributed by atoms with Crippen LogP contribution in [-0.4, -0.2) is 15.2 Å². The first-order chi connectivity index (χ1) is 16.0. The third-order valence-electron chi connectivity index (χ3n) is 5.06. The molecule has 0 amide bonds. The average molecular weight is 450 g/mol. The summed E-state index contributed by atoms with van der Waals surface area (Å²) in [5.74, 6) is 1.52. The molecule has 33 heavy (non-hydrogen) atoms. The van der Waals surface area contributed by atoms with E-state index in [9.17, 15) is 13.2 Å². The molecular weight excluding hydrogens is 433 g/mol. The van der Waals surface area contributed by atoms with E-state index in [-0.39, 0.29) is 17.6 Å². The van der Waals surface area contributed by atoms with E-state index in [1.54, 1.807) is 24.4 Å². The van der Waals surface area contributed by atoms with Gasteiger partial charge >= 0.3 is 12.2 Å². The third-order valence-corrected chi connectivity index (χ3v) is 5.06. The number of anilines is 2. The number of hydrogen-bond acceptors (Lipinski definition) is 6. The van der Waals surface area contributed by atoms with E-state index in [2.05, 4.69) is 26.6 Å². The van der Waals surface area contributed by atoms with Crippen molar-refractivity contribution >= 4 is 17.8 Å². The minimum atomic E-state index is -4.44. The minimum Gasteiger partial charge on any atom is -0.457 e. The summed E-state index contributed by atoms with van der Waals surface area (Å²) < 4.78 is 50.5. The number of halogens is 3. The number of nitrogens with one attached hydrogen (secondary N) is 1. The molecule has 6 nitrogen and oxygen atoms in total. The fourth-order valence-corrected chi connectivity index (χ4v) is 3.51. The number of alkyl halides is 3. The summed E-state index contributed by atoms with van der Waals surface area (Å²) >= 11 is 0. The fourth-order valence-electron chi connectivity index (χ4n) is 3.51. The van der Waals surface area contributed by atoms with Crippen molar-refractivity contribution < 1.29 is 22.3 Å². The quantitative estimate of drug-likeness (QED) is 0.367. The number of ether oxygens (including phenoxy) is 1. The highest BCUT2D eigenvalue weighted by Gasteiger charge is 2.30. The molecule has 0 aliphatic heterocycles. The van der Waals surface area contributed by atoms with Crippen LogP contribution < -0.4 is 10.1 Å². The molecule has 4 aromatic rings. The molecule has 0 fully saturated rings. The maximum Gasteiger partial charge on any atom is 0.416 e. The first kappa shape index (κ1) is 20.7. The molecule has 0 saturated heterocycles. The summed E-state index contributed by atoms with van der Waals surface area (Å²) in [6, 6.07) is 13.7. The molecule has 2 heterocycles. The number of benzene rings is 2. The predicted molar refractivity (Wildman–Crippen MR) is 116 cm³/mol. The van der Waals surface area contributed by atoms with Crippen LogP contribution in [0.2, 0.25) is 0 Å². The van der Waals surface area contributed by atoms with Gasteiger partial charge in [0.25, 0.3) is 0 Å². The van der Waals surface area contributed by atoms with E-state index in [0.717, 1.165) is 42.0 Å². The molecule has 9 heteroatoms. The van der Waals surface area contributed by atoms with E-state index in [4.69, 9.17) is 9.15 Å². The van der Waals surface area contributed by atoms with Crippen LogP contribution in [0.5, 0.6) is 11.5 Å². The van der Waals surface area contributed by atoms with Crippen molar-refractivity contribution in [2.75, 3.05) is 5.32 Å². The van der Waals surface area contributed by atoms with Crippen LogP contribution in [-0.2, 0) is 12.6 Å². The molecule has 5 rings (SSSR count). The van der Waals surface area contributed by atoms with Crippen molar-refractivity contribution in [3.05, 3.63) is 83.7 Å². The molecule has 2 aromatic heterocycles. The third kappa shape index (κ3) is 4.57. The number of hydrogen-bond donors (Lipinski definition) is 1. The highest BCUT2D eigenvalue weighted by atomic mass is 19.4. The van der Waals surface area contributed by atoms with Crippen molar-refractivity contribution in [3.8, 4) is 23.0 Å². The van der Waals surface area contributed by atoms with Gasteiger partial charge in [0.15, 0.2) is 0 Å². The highest BCUT2D eigenvalue weighted by Crippen LogP contribution is 2.34. The van der Waals surface area contributed by atoms with Gasteiger partial charge in [-0.15, -0.1) is 5.10 Å². The predicted octanol–water partition coefficient (Wildman–Crippen LogP) is 6.65. The van der Waals surface area contributed by atoms with Gasteiger partial charge in [0.05, 0.1) is 11.3 Å². The molecule has 0 spiro atoms. The van der Waals surface area contributed by atoms with Crippen LogP contribution >= 0.6 is 0 Å². The van der Waals surface area contributed by atoms with Gasteiger partial charge in [-0.3, -0.25) is 4.98 Å². The lowest BCUT2D eigenvalue weighted by Crippen LogP contribution is -2.05. The van der Waals surface area contributed by atoms with Crippen molar-refractivity contribution in [2.45, 2.75) is 19.0 Å². The standard InChI is InChI=1S/C24H17F3N4O2/c25-24(26,27)16-6-4-7-17(14-16)29-23-31-30-22(33-23)15-5-3-8-18(13-15)32-21-11-12-28-20-10-2-1-9-19(20)21/h2-8,10-14H,1,9H2,(H,29,31). The molecular formula is C24H17F3N4O2. The molecule has 1 aliphatic carbocycles. The zero-order valence-electron chi connectivity index (χ0n) is 17.1. The van der Waals surface area contributed by atoms with E-state index in [0.29, 0.717) is 11.3 Å². The second-order valence-corrected chi connectivity index (χ2v) is 7.36. The van der Waals surface area contributed by atoms with Gasteiger partial charge in [-0.25, -0.2) is 0 Å². The molecule has 0 radical (unpaired) electrons. The SMILES string of the molecule is FC(F)(F)c1cccc(Nc2nnc(-c3cccc(Oc4ccnc5c4CCC=C5)c3)o2)c1. The lowest BCUT2D eigenvalue weighted by atomic mass is 10.0. The van der Waals surface area contributed by atoms with Gasteiger partial charge in [-0.05, 0) is 61.4 Å². The van der Waals surface area contributed by atoms with E-state index in [1.807, 2.05) is 18.2 Å². The average Bonchev–Trinajstić information content (AvgIpc) is 3.28. The highest BCUT2D eigenvalue weighted by molar-refractivity contribution is 5.60. The Morgan fingerprint density at radius 1 is 1.00 bits per heavy atom. The van der Waals surface area contributed by atoms with E-state index < -0.39 is 11.7 Å². The fraction of sp³-hybridized carbons (Fsp3) is 0.125. The normalized spacial score (nSPS) is 12.9. The number of aromatic nitrogens is 3. The summed E-state index contributed by atoms with van der Waals surface area (Å²) in [4.78, 5) is 4.37. The van der Waals surface area contributed by atoms with Crippen LogP contribution in [0.15, 0.2) is 71.3 Å². The molecule has 0 unspecified atom stereocenters. The molecule has 1 aliphatic rings. The summed E-state index contributed by atoms with van der Waals surface area (Å²) in [6.07, 6.45) is 3.11. The zero-order chi connectivity index (χ0) is 22.8. The molecule has 0 saturated carbocycles. The smallest absolute Gasteiger partial charge is 0.416 e.